The first-order valence-electron chi connectivity index (χ1n) is 5.12. The number of aryl methyl sites for hydroxylation is 1. The van der Waals surface area contributed by atoms with Crippen LogP contribution in [0.1, 0.15) is 5.01 Å². The van der Waals surface area contributed by atoms with Gasteiger partial charge in [-0.1, -0.05) is 11.3 Å². The third kappa shape index (κ3) is 3.78. The van der Waals surface area contributed by atoms with Crippen LogP contribution in [0.5, 0.6) is 0 Å². The topological polar surface area (TPSA) is 54.9 Å². The normalized spacial score (nSPS) is 10.3. The van der Waals surface area contributed by atoms with Crippen LogP contribution in [0.2, 0.25) is 0 Å². The van der Waals surface area contributed by atoms with Gasteiger partial charge in [0.25, 0.3) is 0 Å². The molecule has 0 aliphatic heterocycles. The second-order valence-corrected chi connectivity index (χ2v) is 5.65. The molecule has 4 nitrogen and oxygen atoms in total. The van der Waals surface area contributed by atoms with Gasteiger partial charge in [-0.25, -0.2) is 4.39 Å². The van der Waals surface area contributed by atoms with Crippen molar-refractivity contribution >= 4 is 34.1 Å². The van der Waals surface area contributed by atoms with E-state index in [2.05, 4.69) is 15.5 Å². The van der Waals surface area contributed by atoms with Crippen molar-refractivity contribution in [2.75, 3.05) is 11.1 Å². The summed E-state index contributed by atoms with van der Waals surface area (Å²) in [7, 11) is 0. The van der Waals surface area contributed by atoms with Gasteiger partial charge in [0.2, 0.25) is 11.0 Å². The van der Waals surface area contributed by atoms with Gasteiger partial charge in [0.1, 0.15) is 10.8 Å². The first kappa shape index (κ1) is 13.0. The molecule has 0 saturated heterocycles. The molecule has 2 rings (SSSR count). The Morgan fingerprint density at radius 1 is 1.39 bits per heavy atom. The van der Waals surface area contributed by atoms with Crippen LogP contribution in [0.25, 0.3) is 0 Å². The number of nitrogens with zero attached hydrogens (tertiary/aromatic N) is 2. The number of thioether (sulfide) groups is 1. The largest absolute Gasteiger partial charge is 0.300 e. The van der Waals surface area contributed by atoms with Crippen LogP contribution in [0, 0.1) is 12.7 Å². The molecule has 0 aliphatic rings. The molecule has 1 aromatic heterocycles. The van der Waals surface area contributed by atoms with Crippen LogP contribution in [-0.2, 0) is 4.79 Å². The Bertz CT molecular complexity index is 541. The van der Waals surface area contributed by atoms with Gasteiger partial charge in [-0.15, -0.1) is 22.0 Å². The number of amides is 1. The second kappa shape index (κ2) is 5.92. The zero-order chi connectivity index (χ0) is 13.0. The van der Waals surface area contributed by atoms with Gasteiger partial charge in [0.05, 0.1) is 5.75 Å². The molecule has 1 aromatic carbocycles. The van der Waals surface area contributed by atoms with Gasteiger partial charge in [-0.3, -0.25) is 10.1 Å². The lowest BCUT2D eigenvalue weighted by Gasteiger charge is -2.01. The Balaban J connectivity index is 1.83. The van der Waals surface area contributed by atoms with Crippen LogP contribution < -0.4 is 5.32 Å². The van der Waals surface area contributed by atoms with E-state index in [1.165, 1.54) is 35.2 Å². The molecule has 0 bridgehead atoms. The highest BCUT2D eigenvalue weighted by Gasteiger charge is 2.07. The maximum Gasteiger partial charge on any atom is 0.236 e. The molecule has 1 N–H and O–H groups in total. The number of hydrogen-bond acceptors (Lipinski definition) is 5. The maximum absolute atomic E-state index is 12.7. The molecule has 0 fully saturated rings. The summed E-state index contributed by atoms with van der Waals surface area (Å²) in [4.78, 5) is 12.4. The molecule has 0 saturated carbocycles. The van der Waals surface area contributed by atoms with Crippen molar-refractivity contribution < 1.29 is 9.18 Å². The molecular formula is C11H10FN3OS2. The van der Waals surface area contributed by atoms with E-state index in [1.807, 2.05) is 6.92 Å². The third-order valence-corrected chi connectivity index (χ3v) is 3.72. The summed E-state index contributed by atoms with van der Waals surface area (Å²) in [6.07, 6.45) is 0. The standard InChI is InChI=1S/C11H10FN3OS2/c1-7-14-15-11(18-7)13-10(16)6-17-9-4-2-8(12)3-5-9/h2-5H,6H2,1H3,(H,13,15,16). The summed E-state index contributed by atoms with van der Waals surface area (Å²) in [5.41, 5.74) is 0. The van der Waals surface area contributed by atoms with Crippen molar-refractivity contribution in [3.8, 4) is 0 Å². The third-order valence-electron chi connectivity index (χ3n) is 1.96. The minimum atomic E-state index is -0.284. The number of hydrogen-bond donors (Lipinski definition) is 1. The van der Waals surface area contributed by atoms with Crippen molar-refractivity contribution in [3.63, 3.8) is 0 Å². The molecule has 2 aromatic rings. The molecule has 18 heavy (non-hydrogen) atoms. The van der Waals surface area contributed by atoms with E-state index in [4.69, 9.17) is 0 Å². The molecule has 94 valence electrons. The van der Waals surface area contributed by atoms with Gasteiger partial charge in [-0.05, 0) is 31.2 Å². The van der Waals surface area contributed by atoms with Crippen molar-refractivity contribution in [2.45, 2.75) is 11.8 Å². The average Bonchev–Trinajstić information content (AvgIpc) is 2.74. The predicted octanol–water partition coefficient (Wildman–Crippen LogP) is 2.72. The lowest BCUT2D eigenvalue weighted by Crippen LogP contribution is -2.13. The highest BCUT2D eigenvalue weighted by Crippen LogP contribution is 2.19. The molecule has 0 unspecified atom stereocenters. The number of benzene rings is 1. The zero-order valence-corrected chi connectivity index (χ0v) is 11.1. The van der Waals surface area contributed by atoms with Crippen molar-refractivity contribution in [3.05, 3.63) is 35.1 Å². The number of halogens is 1. The number of rotatable bonds is 4. The van der Waals surface area contributed by atoms with E-state index in [0.717, 1.165) is 9.90 Å². The molecule has 0 aliphatic carbocycles. The molecule has 1 heterocycles. The second-order valence-electron chi connectivity index (χ2n) is 3.42. The summed E-state index contributed by atoms with van der Waals surface area (Å²) in [6, 6.07) is 6.02. The molecular weight excluding hydrogens is 273 g/mol. The molecule has 0 radical (unpaired) electrons. The van der Waals surface area contributed by atoms with Crippen molar-refractivity contribution in [1.82, 2.24) is 10.2 Å². The minimum Gasteiger partial charge on any atom is -0.300 e. The van der Waals surface area contributed by atoms with Gasteiger partial charge in [0, 0.05) is 4.90 Å². The quantitative estimate of drug-likeness (QED) is 0.877. The number of aromatic nitrogens is 2. The van der Waals surface area contributed by atoms with E-state index in [1.54, 1.807) is 12.1 Å². The van der Waals surface area contributed by atoms with Gasteiger partial charge in [-0.2, -0.15) is 0 Å². The summed E-state index contributed by atoms with van der Waals surface area (Å²) >= 11 is 2.67. The first-order valence-corrected chi connectivity index (χ1v) is 6.92. The molecule has 1 amide bonds. The lowest BCUT2D eigenvalue weighted by molar-refractivity contribution is -0.113. The molecule has 7 heteroatoms. The summed E-state index contributed by atoms with van der Waals surface area (Å²) in [5, 5.41) is 11.6. The van der Waals surface area contributed by atoms with Crippen LogP contribution in [0.15, 0.2) is 29.2 Å². The Labute approximate surface area is 112 Å². The Morgan fingerprint density at radius 2 is 2.11 bits per heavy atom. The van der Waals surface area contributed by atoms with E-state index in [0.29, 0.717) is 5.13 Å². The Hall–Kier alpha value is -1.47. The number of nitrogens with one attached hydrogen (secondary N) is 1. The van der Waals surface area contributed by atoms with Gasteiger partial charge in [0.15, 0.2) is 0 Å². The van der Waals surface area contributed by atoms with Gasteiger partial charge < -0.3 is 0 Å². The fraction of sp³-hybridized carbons (Fsp3) is 0.182. The van der Waals surface area contributed by atoms with Crippen molar-refractivity contribution in [1.29, 1.82) is 0 Å². The molecule has 0 atom stereocenters. The highest BCUT2D eigenvalue weighted by molar-refractivity contribution is 8.00. The van der Waals surface area contributed by atoms with E-state index in [9.17, 15) is 9.18 Å². The smallest absolute Gasteiger partial charge is 0.236 e. The average molecular weight is 283 g/mol. The fourth-order valence-electron chi connectivity index (χ4n) is 1.18. The van der Waals surface area contributed by atoms with E-state index < -0.39 is 0 Å². The molecule has 0 spiro atoms. The lowest BCUT2D eigenvalue weighted by atomic mass is 10.4. The van der Waals surface area contributed by atoms with Crippen LogP contribution in [0.4, 0.5) is 9.52 Å². The summed E-state index contributed by atoms with van der Waals surface area (Å²) in [6.45, 7) is 1.82. The van der Waals surface area contributed by atoms with E-state index >= 15 is 0 Å². The number of anilines is 1. The van der Waals surface area contributed by atoms with Gasteiger partial charge >= 0.3 is 0 Å². The zero-order valence-electron chi connectivity index (χ0n) is 9.51. The number of carbonyl (C=O) groups is 1. The summed E-state index contributed by atoms with van der Waals surface area (Å²) < 4.78 is 12.7. The SMILES string of the molecule is Cc1nnc(NC(=O)CSc2ccc(F)cc2)s1. The van der Waals surface area contributed by atoms with Crippen LogP contribution >= 0.6 is 23.1 Å². The number of carbonyl (C=O) groups excluding carboxylic acids is 1. The Morgan fingerprint density at radius 3 is 2.72 bits per heavy atom. The highest BCUT2D eigenvalue weighted by atomic mass is 32.2. The van der Waals surface area contributed by atoms with E-state index in [-0.39, 0.29) is 17.5 Å². The van der Waals surface area contributed by atoms with Crippen LogP contribution in [-0.4, -0.2) is 21.9 Å². The summed E-state index contributed by atoms with van der Waals surface area (Å²) in [5.74, 6) is -0.182. The van der Waals surface area contributed by atoms with Crippen molar-refractivity contribution in [2.24, 2.45) is 0 Å². The maximum atomic E-state index is 12.7. The Kier molecular flexibility index (Phi) is 4.27. The van der Waals surface area contributed by atoms with Crippen LogP contribution in [0.3, 0.4) is 0 Å². The fourth-order valence-corrected chi connectivity index (χ4v) is 2.49. The predicted molar refractivity (Wildman–Crippen MR) is 70.4 cm³/mol. The monoisotopic (exact) mass is 283 g/mol. The minimum absolute atomic E-state index is 0.152. The first-order chi connectivity index (χ1) is 8.63.